The van der Waals surface area contributed by atoms with E-state index in [0.717, 1.165) is 12.1 Å². The molecule has 1 aromatic rings. The van der Waals surface area contributed by atoms with Gasteiger partial charge in [0.1, 0.15) is 0 Å². The lowest BCUT2D eigenvalue weighted by Gasteiger charge is -2.14. The summed E-state index contributed by atoms with van der Waals surface area (Å²) >= 11 is 0. The Morgan fingerprint density at radius 2 is 2.04 bits per heavy atom. The van der Waals surface area contributed by atoms with Crippen LogP contribution in [0, 0.1) is 5.92 Å². The standard InChI is InChI=1S/C16H22F3N3O2/c1-4-20-15(21-9-11(2)14(23)24-3)22-10-12-6-5-7-13(8-12)16(17,18)19/h5-8,11H,4,9-10H2,1-3H3,(H2,20,21,22). The van der Waals surface area contributed by atoms with Gasteiger partial charge in [0, 0.05) is 13.1 Å². The molecule has 0 aliphatic heterocycles. The summed E-state index contributed by atoms with van der Waals surface area (Å²) in [6, 6.07) is 5.03. The van der Waals surface area contributed by atoms with Gasteiger partial charge in [0.15, 0.2) is 5.96 Å². The summed E-state index contributed by atoms with van der Waals surface area (Å²) in [6.07, 6.45) is -4.38. The Hall–Kier alpha value is -2.25. The number of hydrogen-bond donors (Lipinski definition) is 2. The Morgan fingerprint density at radius 3 is 2.62 bits per heavy atom. The lowest BCUT2D eigenvalue weighted by Crippen LogP contribution is -2.40. The average Bonchev–Trinajstić information content (AvgIpc) is 2.55. The van der Waals surface area contributed by atoms with Crippen molar-refractivity contribution in [3.63, 3.8) is 0 Å². The van der Waals surface area contributed by atoms with Gasteiger partial charge in [-0.25, -0.2) is 4.99 Å². The summed E-state index contributed by atoms with van der Waals surface area (Å²) in [7, 11) is 1.31. The Morgan fingerprint density at radius 1 is 1.33 bits per heavy atom. The summed E-state index contributed by atoms with van der Waals surface area (Å²) in [5.41, 5.74) is -0.254. The Kier molecular flexibility index (Phi) is 7.54. The van der Waals surface area contributed by atoms with Crippen LogP contribution in [0.4, 0.5) is 13.2 Å². The number of alkyl halides is 3. The van der Waals surface area contributed by atoms with Gasteiger partial charge in [-0.3, -0.25) is 4.79 Å². The molecule has 1 aromatic carbocycles. The highest BCUT2D eigenvalue weighted by Gasteiger charge is 2.30. The molecule has 0 bridgehead atoms. The third-order valence-electron chi connectivity index (χ3n) is 3.20. The second kappa shape index (κ2) is 9.14. The number of hydrogen-bond acceptors (Lipinski definition) is 3. The van der Waals surface area contributed by atoms with Crippen molar-refractivity contribution in [3.8, 4) is 0 Å². The molecule has 0 spiro atoms. The van der Waals surface area contributed by atoms with Gasteiger partial charge in [0.05, 0.1) is 25.1 Å². The van der Waals surface area contributed by atoms with Crippen molar-refractivity contribution in [3.05, 3.63) is 35.4 Å². The average molecular weight is 345 g/mol. The summed E-state index contributed by atoms with van der Waals surface area (Å²) in [4.78, 5) is 15.6. The van der Waals surface area contributed by atoms with Gasteiger partial charge in [-0.1, -0.05) is 19.1 Å². The first-order valence-electron chi connectivity index (χ1n) is 7.54. The van der Waals surface area contributed by atoms with Crippen molar-refractivity contribution >= 4 is 11.9 Å². The first-order valence-corrected chi connectivity index (χ1v) is 7.54. The molecule has 0 radical (unpaired) electrons. The van der Waals surface area contributed by atoms with E-state index in [-0.39, 0.29) is 18.4 Å². The maximum absolute atomic E-state index is 12.7. The van der Waals surface area contributed by atoms with Crippen LogP contribution in [0.1, 0.15) is 25.0 Å². The second-order valence-corrected chi connectivity index (χ2v) is 5.20. The molecule has 5 nitrogen and oxygen atoms in total. The minimum Gasteiger partial charge on any atom is -0.469 e. The van der Waals surface area contributed by atoms with Gasteiger partial charge < -0.3 is 15.4 Å². The van der Waals surface area contributed by atoms with Crippen LogP contribution in [0.3, 0.4) is 0 Å². The number of carbonyl (C=O) groups excluding carboxylic acids is 1. The van der Waals surface area contributed by atoms with Gasteiger partial charge in [-0.15, -0.1) is 0 Å². The van der Waals surface area contributed by atoms with Crippen molar-refractivity contribution in [2.75, 3.05) is 20.2 Å². The van der Waals surface area contributed by atoms with E-state index in [1.165, 1.54) is 13.2 Å². The highest BCUT2D eigenvalue weighted by molar-refractivity contribution is 5.80. The van der Waals surface area contributed by atoms with E-state index >= 15 is 0 Å². The predicted molar refractivity (Wildman–Crippen MR) is 85.4 cm³/mol. The van der Waals surface area contributed by atoms with E-state index < -0.39 is 11.7 Å². The molecule has 24 heavy (non-hydrogen) atoms. The zero-order chi connectivity index (χ0) is 18.2. The number of halogens is 3. The van der Waals surface area contributed by atoms with Gasteiger partial charge >= 0.3 is 12.1 Å². The number of guanidine groups is 1. The van der Waals surface area contributed by atoms with Gasteiger partial charge in [-0.2, -0.15) is 13.2 Å². The zero-order valence-corrected chi connectivity index (χ0v) is 13.9. The highest BCUT2D eigenvalue weighted by Crippen LogP contribution is 2.29. The first kappa shape index (κ1) is 19.8. The van der Waals surface area contributed by atoms with Crippen LogP contribution in [0.25, 0.3) is 0 Å². The molecule has 0 amide bonds. The number of methoxy groups -OCH3 is 1. The Balaban J connectivity index is 2.74. The molecule has 0 aliphatic rings. The smallest absolute Gasteiger partial charge is 0.416 e. The largest absolute Gasteiger partial charge is 0.469 e. The van der Waals surface area contributed by atoms with Crippen molar-refractivity contribution in [1.82, 2.24) is 10.6 Å². The fourth-order valence-electron chi connectivity index (χ4n) is 1.89. The minimum absolute atomic E-state index is 0.0891. The van der Waals surface area contributed by atoms with E-state index in [4.69, 9.17) is 0 Å². The molecule has 1 atom stereocenters. The summed E-state index contributed by atoms with van der Waals surface area (Å²) in [6.45, 7) is 4.55. The first-order chi connectivity index (χ1) is 11.3. The molecule has 0 saturated carbocycles. The molecule has 134 valence electrons. The van der Waals surface area contributed by atoms with Crippen LogP contribution < -0.4 is 10.6 Å². The van der Waals surface area contributed by atoms with Crippen LogP contribution in [-0.4, -0.2) is 32.1 Å². The zero-order valence-electron chi connectivity index (χ0n) is 13.9. The van der Waals surface area contributed by atoms with Crippen molar-refractivity contribution < 1.29 is 22.7 Å². The minimum atomic E-state index is -4.38. The van der Waals surface area contributed by atoms with E-state index in [1.807, 2.05) is 6.92 Å². The number of carbonyl (C=O) groups is 1. The molecule has 2 N–H and O–H groups in total. The monoisotopic (exact) mass is 345 g/mol. The number of esters is 1. The quantitative estimate of drug-likeness (QED) is 0.473. The van der Waals surface area contributed by atoms with Crippen LogP contribution >= 0.6 is 0 Å². The van der Waals surface area contributed by atoms with Gasteiger partial charge in [0.2, 0.25) is 0 Å². The van der Waals surface area contributed by atoms with E-state index in [1.54, 1.807) is 13.0 Å². The molecule has 0 aliphatic carbocycles. The number of rotatable bonds is 6. The molecule has 0 heterocycles. The number of nitrogens with zero attached hydrogens (tertiary/aromatic N) is 1. The number of benzene rings is 1. The van der Waals surface area contributed by atoms with Crippen molar-refractivity contribution in [2.45, 2.75) is 26.6 Å². The van der Waals surface area contributed by atoms with Crippen LogP contribution in [0.2, 0.25) is 0 Å². The fraction of sp³-hybridized carbons (Fsp3) is 0.500. The van der Waals surface area contributed by atoms with E-state index in [0.29, 0.717) is 24.6 Å². The number of ether oxygens (including phenoxy) is 1. The SMILES string of the molecule is CCNC(=NCc1cccc(C(F)(F)F)c1)NCC(C)C(=O)OC. The normalized spacial score (nSPS) is 13.3. The third kappa shape index (κ3) is 6.47. The summed E-state index contributed by atoms with van der Waals surface area (Å²) in [5, 5.41) is 5.94. The molecule has 1 rings (SSSR count). The lowest BCUT2D eigenvalue weighted by atomic mass is 10.1. The summed E-state index contributed by atoms with van der Waals surface area (Å²) in [5.74, 6) is -0.297. The van der Waals surface area contributed by atoms with Crippen LogP contribution in [-0.2, 0) is 22.3 Å². The fourth-order valence-corrected chi connectivity index (χ4v) is 1.89. The maximum atomic E-state index is 12.7. The molecule has 0 aromatic heterocycles. The predicted octanol–water partition coefficient (Wildman–Crippen LogP) is 2.57. The van der Waals surface area contributed by atoms with Gasteiger partial charge in [0.25, 0.3) is 0 Å². The maximum Gasteiger partial charge on any atom is 0.416 e. The van der Waals surface area contributed by atoms with Crippen LogP contribution in [0.15, 0.2) is 29.3 Å². The lowest BCUT2D eigenvalue weighted by molar-refractivity contribution is -0.144. The molecule has 1 unspecified atom stereocenters. The third-order valence-corrected chi connectivity index (χ3v) is 3.20. The van der Waals surface area contributed by atoms with E-state index in [2.05, 4.69) is 20.4 Å². The molecular weight excluding hydrogens is 323 g/mol. The Bertz CT molecular complexity index is 574. The second-order valence-electron chi connectivity index (χ2n) is 5.20. The van der Waals surface area contributed by atoms with Crippen LogP contribution in [0.5, 0.6) is 0 Å². The van der Waals surface area contributed by atoms with Crippen molar-refractivity contribution in [2.24, 2.45) is 10.9 Å². The van der Waals surface area contributed by atoms with Gasteiger partial charge in [-0.05, 0) is 24.6 Å². The molecular formula is C16H22F3N3O2. The topological polar surface area (TPSA) is 62.7 Å². The Labute approximate surface area is 139 Å². The molecule has 8 heteroatoms. The number of aliphatic imine (C=N–C) groups is 1. The summed E-state index contributed by atoms with van der Waals surface area (Å²) < 4.78 is 42.7. The van der Waals surface area contributed by atoms with E-state index in [9.17, 15) is 18.0 Å². The number of nitrogens with one attached hydrogen (secondary N) is 2. The van der Waals surface area contributed by atoms with Crippen molar-refractivity contribution in [1.29, 1.82) is 0 Å². The molecule has 0 fully saturated rings. The molecule has 0 saturated heterocycles. The highest BCUT2D eigenvalue weighted by atomic mass is 19.4.